The molecule has 5 nitrogen and oxygen atoms in total. The molecule has 0 fully saturated rings. The van der Waals surface area contributed by atoms with E-state index >= 15 is 0 Å². The number of aliphatic hydroxyl groups is 1. The molecule has 3 rings (SSSR count). The summed E-state index contributed by atoms with van der Waals surface area (Å²) in [5.74, 6) is -0.0676. The van der Waals surface area contributed by atoms with Crippen molar-refractivity contribution < 1.29 is 9.90 Å². The topological polar surface area (TPSA) is 78.9 Å². The van der Waals surface area contributed by atoms with E-state index in [4.69, 9.17) is 10.7 Å². The fourth-order valence-electron chi connectivity index (χ4n) is 4.57. The molecule has 3 unspecified atom stereocenters. The van der Waals surface area contributed by atoms with E-state index in [-0.39, 0.29) is 5.78 Å². The molecule has 2 aromatic carbocycles. The van der Waals surface area contributed by atoms with E-state index in [2.05, 4.69) is 20.8 Å². The van der Waals surface area contributed by atoms with Crippen LogP contribution in [-0.2, 0) is 4.79 Å². The molecule has 5 heteroatoms. The third kappa shape index (κ3) is 5.90. The van der Waals surface area contributed by atoms with Gasteiger partial charge in [0.2, 0.25) is 0 Å². The highest BCUT2D eigenvalue weighted by atomic mass is 16.3. The summed E-state index contributed by atoms with van der Waals surface area (Å²) in [6, 6.07) is 17.2. The first-order valence-corrected chi connectivity index (χ1v) is 12.3. The summed E-state index contributed by atoms with van der Waals surface area (Å²) < 4.78 is 0. The Hall–Kier alpha value is -2.50. The van der Waals surface area contributed by atoms with Crippen molar-refractivity contribution in [2.24, 2.45) is 22.6 Å². The van der Waals surface area contributed by atoms with Crippen molar-refractivity contribution in [2.75, 3.05) is 11.9 Å². The number of Topliss-reactive ketones (excluding diaryl/α,β-unsaturated/α-hetero) is 1. The van der Waals surface area contributed by atoms with Gasteiger partial charge in [0.05, 0.1) is 11.8 Å². The van der Waals surface area contributed by atoms with E-state index in [0.29, 0.717) is 18.8 Å². The van der Waals surface area contributed by atoms with E-state index in [1.807, 2.05) is 66.5 Å². The van der Waals surface area contributed by atoms with Crippen LogP contribution in [0.25, 0.3) is 0 Å². The van der Waals surface area contributed by atoms with Crippen molar-refractivity contribution in [3.05, 3.63) is 65.7 Å². The van der Waals surface area contributed by atoms with Gasteiger partial charge in [0.1, 0.15) is 12.2 Å². The number of ketones is 1. The predicted molar refractivity (Wildman–Crippen MR) is 137 cm³/mol. The van der Waals surface area contributed by atoms with E-state index in [1.54, 1.807) is 0 Å². The fourth-order valence-corrected chi connectivity index (χ4v) is 4.57. The number of carbonyl (C=O) groups is 1. The molecule has 4 atom stereocenters. The van der Waals surface area contributed by atoms with Gasteiger partial charge in [-0.15, -0.1) is 0 Å². The van der Waals surface area contributed by atoms with Gasteiger partial charge in [-0.2, -0.15) is 0 Å². The van der Waals surface area contributed by atoms with Crippen molar-refractivity contribution in [3.63, 3.8) is 0 Å². The van der Waals surface area contributed by atoms with Gasteiger partial charge in [-0.25, -0.2) is 0 Å². The van der Waals surface area contributed by atoms with Crippen LogP contribution in [0.15, 0.2) is 59.6 Å². The van der Waals surface area contributed by atoms with Crippen LogP contribution in [0.1, 0.15) is 64.0 Å². The Balaban J connectivity index is 2.05. The first-order valence-electron chi connectivity index (χ1n) is 12.3. The van der Waals surface area contributed by atoms with Crippen molar-refractivity contribution >= 4 is 17.2 Å². The summed E-state index contributed by atoms with van der Waals surface area (Å²) >= 11 is 0. The van der Waals surface area contributed by atoms with Gasteiger partial charge >= 0.3 is 0 Å². The monoisotopic (exact) mass is 449 g/mol. The second-order valence-corrected chi connectivity index (χ2v) is 9.60. The summed E-state index contributed by atoms with van der Waals surface area (Å²) in [7, 11) is 1.92. The van der Waals surface area contributed by atoms with Gasteiger partial charge in [-0.1, -0.05) is 88.6 Å². The molecule has 0 amide bonds. The number of benzene rings is 2. The highest BCUT2D eigenvalue weighted by Gasteiger charge is 2.39. The molecule has 0 saturated heterocycles. The Labute approximate surface area is 198 Å². The fraction of sp³-hybridized carbons (Fsp3) is 0.500. The number of aliphatic hydroxyl groups excluding tert-OH is 1. The minimum absolute atomic E-state index is 0.0557. The summed E-state index contributed by atoms with van der Waals surface area (Å²) in [4.78, 5) is 21.0. The van der Waals surface area contributed by atoms with Crippen LogP contribution >= 0.6 is 0 Å². The lowest BCUT2D eigenvalue weighted by Crippen LogP contribution is -2.53. The molecule has 0 aromatic heterocycles. The lowest BCUT2D eigenvalue weighted by atomic mass is 9.84. The molecule has 1 heterocycles. The Morgan fingerprint density at radius 1 is 1.06 bits per heavy atom. The molecule has 0 radical (unpaired) electrons. The molecule has 178 valence electrons. The number of hydrogen-bond donors (Lipinski definition) is 2. The van der Waals surface area contributed by atoms with Crippen LogP contribution in [0.4, 0.5) is 5.69 Å². The maximum absolute atomic E-state index is 14.0. The van der Waals surface area contributed by atoms with Crippen molar-refractivity contribution in [1.29, 1.82) is 0 Å². The van der Waals surface area contributed by atoms with E-state index < -0.39 is 24.2 Å². The van der Waals surface area contributed by atoms with E-state index in [0.717, 1.165) is 41.8 Å². The van der Waals surface area contributed by atoms with Crippen LogP contribution in [0.3, 0.4) is 0 Å². The minimum atomic E-state index is -0.758. The molecule has 2 aromatic rings. The molecular formula is C28H39N3O2. The summed E-state index contributed by atoms with van der Waals surface area (Å²) in [5.41, 5.74) is 10.3. The largest absolute Gasteiger partial charge is 0.392 e. The highest BCUT2D eigenvalue weighted by Crippen LogP contribution is 2.31. The number of benzodiazepines with no additional fused rings is 1. The summed E-state index contributed by atoms with van der Waals surface area (Å²) in [6.45, 7) is 6.39. The molecule has 0 bridgehead atoms. The number of nitrogens with zero attached hydrogens (tertiary/aromatic N) is 2. The molecule has 33 heavy (non-hydrogen) atoms. The van der Waals surface area contributed by atoms with Crippen LogP contribution in [0, 0.1) is 11.8 Å². The van der Waals surface area contributed by atoms with Crippen molar-refractivity contribution in [2.45, 2.75) is 71.2 Å². The lowest BCUT2D eigenvalue weighted by molar-refractivity contribution is -0.128. The van der Waals surface area contributed by atoms with Gasteiger partial charge in [0, 0.05) is 29.8 Å². The zero-order chi connectivity index (χ0) is 24.0. The number of carbonyl (C=O) groups excluding carboxylic acids is 1. The van der Waals surface area contributed by atoms with Crippen LogP contribution < -0.4 is 10.6 Å². The number of para-hydroxylation sites is 1. The normalized spacial score (nSPS) is 20.1. The number of likely N-dealkylation sites (N-methyl/N-ethyl adjacent to an activating group) is 1. The average molecular weight is 450 g/mol. The quantitative estimate of drug-likeness (QED) is 0.546. The molecule has 0 saturated carbocycles. The van der Waals surface area contributed by atoms with E-state index in [1.165, 1.54) is 0 Å². The number of hydrogen-bond acceptors (Lipinski definition) is 5. The number of unbranched alkanes of at least 4 members (excludes halogenated alkanes) is 1. The molecular weight excluding hydrogens is 410 g/mol. The third-order valence-electron chi connectivity index (χ3n) is 6.66. The SMILES string of the molecule is CCCCC(O)C(CCC(C)C)C(=O)[C@H]1N=C(c2ccccc2)c2ccccc2N(C)C1N. The zero-order valence-corrected chi connectivity index (χ0v) is 20.4. The van der Waals surface area contributed by atoms with Gasteiger partial charge in [-0.3, -0.25) is 9.79 Å². The van der Waals surface area contributed by atoms with Crippen LogP contribution in [-0.4, -0.2) is 42.0 Å². The third-order valence-corrected chi connectivity index (χ3v) is 6.66. The van der Waals surface area contributed by atoms with Crippen LogP contribution in [0.2, 0.25) is 0 Å². The molecule has 0 spiro atoms. The van der Waals surface area contributed by atoms with Crippen molar-refractivity contribution in [3.8, 4) is 0 Å². The number of aliphatic imine (C=N–C) groups is 1. The standard InChI is InChI=1S/C28H39N3O2/c1-5-6-16-24(32)22(18-17-19(2)3)27(33)26-28(29)31(4)23-15-11-10-14-21(23)25(30-26)20-12-8-7-9-13-20/h7-15,19,22,24,26,28,32H,5-6,16-18,29H2,1-4H3/t22?,24?,26-,28?/m1/s1. The second kappa shape index (κ2) is 11.6. The molecule has 3 N–H and O–H groups in total. The summed E-state index contributed by atoms with van der Waals surface area (Å²) in [6.07, 6.45) is 2.75. The predicted octanol–water partition coefficient (Wildman–Crippen LogP) is 4.80. The Kier molecular flexibility index (Phi) is 8.81. The Morgan fingerprint density at radius 3 is 2.39 bits per heavy atom. The Bertz CT molecular complexity index is 941. The zero-order valence-electron chi connectivity index (χ0n) is 20.4. The van der Waals surface area contributed by atoms with Gasteiger partial charge < -0.3 is 15.7 Å². The lowest BCUT2D eigenvalue weighted by Gasteiger charge is -2.32. The smallest absolute Gasteiger partial charge is 0.166 e. The molecule has 1 aliphatic rings. The van der Waals surface area contributed by atoms with Gasteiger partial charge in [0.25, 0.3) is 0 Å². The molecule has 1 aliphatic heterocycles. The number of fused-ring (bicyclic) bond motifs is 1. The van der Waals surface area contributed by atoms with Crippen molar-refractivity contribution in [1.82, 2.24) is 0 Å². The summed E-state index contributed by atoms with van der Waals surface area (Å²) in [5, 5.41) is 11.0. The number of nitrogens with two attached hydrogens (primary N) is 1. The minimum Gasteiger partial charge on any atom is -0.392 e. The maximum atomic E-state index is 14.0. The van der Waals surface area contributed by atoms with Gasteiger partial charge in [-0.05, 0) is 24.8 Å². The van der Waals surface area contributed by atoms with Crippen LogP contribution in [0.5, 0.6) is 0 Å². The van der Waals surface area contributed by atoms with Gasteiger partial charge in [0.15, 0.2) is 5.78 Å². The number of rotatable bonds is 10. The average Bonchev–Trinajstić information content (AvgIpc) is 2.93. The first-order chi connectivity index (χ1) is 15.8. The number of anilines is 1. The first kappa shape index (κ1) is 25.1. The second-order valence-electron chi connectivity index (χ2n) is 9.60. The maximum Gasteiger partial charge on any atom is 0.166 e. The highest BCUT2D eigenvalue weighted by molar-refractivity contribution is 6.17. The molecule has 0 aliphatic carbocycles. The van der Waals surface area contributed by atoms with E-state index in [9.17, 15) is 9.90 Å². The Morgan fingerprint density at radius 2 is 1.73 bits per heavy atom.